The van der Waals surface area contributed by atoms with Gasteiger partial charge < -0.3 is 9.73 Å². The number of aryl methyl sites for hydroxylation is 1. The lowest BCUT2D eigenvalue weighted by atomic mass is 10.4. The Balaban J connectivity index is 1.63. The molecule has 3 aromatic rings. The second kappa shape index (κ2) is 5.59. The van der Waals surface area contributed by atoms with Gasteiger partial charge in [0.2, 0.25) is 5.91 Å². The lowest BCUT2D eigenvalue weighted by Crippen LogP contribution is -2.13. The summed E-state index contributed by atoms with van der Waals surface area (Å²) in [4.78, 5) is 24.2. The molecule has 3 heterocycles. The van der Waals surface area contributed by atoms with E-state index in [-0.39, 0.29) is 11.7 Å². The van der Waals surface area contributed by atoms with Gasteiger partial charge in [0.1, 0.15) is 0 Å². The summed E-state index contributed by atoms with van der Waals surface area (Å²) >= 11 is 2.61. The van der Waals surface area contributed by atoms with E-state index in [1.165, 1.54) is 23.1 Å². The Hall–Kier alpha value is -1.93. The highest BCUT2D eigenvalue weighted by molar-refractivity contribution is 7.99. The van der Waals surface area contributed by atoms with Crippen LogP contribution in [0.2, 0.25) is 0 Å². The lowest BCUT2D eigenvalue weighted by Gasteiger charge is -1.98. The molecule has 6 nitrogen and oxygen atoms in total. The molecular weight excluding hydrogens is 296 g/mol. The highest BCUT2D eigenvalue weighted by Crippen LogP contribution is 2.22. The quantitative estimate of drug-likeness (QED) is 0.746. The van der Waals surface area contributed by atoms with E-state index >= 15 is 0 Å². The van der Waals surface area contributed by atoms with Crippen molar-refractivity contribution in [3.63, 3.8) is 0 Å². The second-order valence-electron chi connectivity index (χ2n) is 3.93. The van der Waals surface area contributed by atoms with Gasteiger partial charge in [-0.3, -0.25) is 4.79 Å². The Morgan fingerprint density at radius 2 is 2.35 bits per heavy atom. The van der Waals surface area contributed by atoms with Crippen molar-refractivity contribution < 1.29 is 9.21 Å². The number of amides is 1. The molecule has 0 aliphatic rings. The monoisotopic (exact) mass is 306 g/mol. The standard InChI is InChI=1S/C12H10N4O2S2/c1-7-2-3-8-10(14-7)16-12(18-8)20-6-9(17)15-11-13-4-5-19-11/h2-5H,6H2,1H3,(H,13,15,17). The number of anilines is 1. The van der Waals surface area contributed by atoms with Crippen LogP contribution in [-0.2, 0) is 4.79 Å². The molecule has 0 bridgehead atoms. The number of oxazole rings is 1. The van der Waals surface area contributed by atoms with Crippen LogP contribution in [0.15, 0.2) is 33.3 Å². The number of nitrogens with one attached hydrogen (secondary N) is 1. The summed E-state index contributed by atoms with van der Waals surface area (Å²) in [5, 5.41) is 5.53. The fourth-order valence-corrected chi connectivity index (χ4v) is 2.69. The summed E-state index contributed by atoms with van der Waals surface area (Å²) in [6.07, 6.45) is 1.64. The number of carbonyl (C=O) groups excluding carboxylic acids is 1. The molecule has 0 aliphatic carbocycles. The predicted molar refractivity (Wildman–Crippen MR) is 78.0 cm³/mol. The fraction of sp³-hybridized carbons (Fsp3) is 0.167. The minimum Gasteiger partial charge on any atom is -0.430 e. The van der Waals surface area contributed by atoms with E-state index < -0.39 is 0 Å². The highest BCUT2D eigenvalue weighted by Gasteiger charge is 2.11. The number of thiazole rings is 1. The van der Waals surface area contributed by atoms with E-state index in [2.05, 4.69) is 20.3 Å². The highest BCUT2D eigenvalue weighted by atomic mass is 32.2. The van der Waals surface area contributed by atoms with E-state index in [0.717, 1.165) is 5.69 Å². The van der Waals surface area contributed by atoms with E-state index in [1.54, 1.807) is 11.6 Å². The molecule has 0 aromatic carbocycles. The van der Waals surface area contributed by atoms with Crippen molar-refractivity contribution in [1.82, 2.24) is 15.0 Å². The molecule has 3 rings (SSSR count). The maximum Gasteiger partial charge on any atom is 0.258 e. The average molecular weight is 306 g/mol. The summed E-state index contributed by atoms with van der Waals surface area (Å²) < 4.78 is 5.50. The molecule has 3 aromatic heterocycles. The Morgan fingerprint density at radius 1 is 1.45 bits per heavy atom. The third-order valence-corrected chi connectivity index (χ3v) is 3.90. The van der Waals surface area contributed by atoms with Crippen molar-refractivity contribution in [3.05, 3.63) is 29.4 Å². The van der Waals surface area contributed by atoms with E-state index in [4.69, 9.17) is 4.42 Å². The Morgan fingerprint density at radius 3 is 3.15 bits per heavy atom. The maximum atomic E-state index is 11.7. The Bertz CT molecular complexity index is 739. The average Bonchev–Trinajstić information content (AvgIpc) is 3.04. The zero-order chi connectivity index (χ0) is 13.9. The number of nitrogens with zero attached hydrogens (tertiary/aromatic N) is 3. The van der Waals surface area contributed by atoms with Crippen LogP contribution in [0.4, 0.5) is 5.13 Å². The molecule has 1 N–H and O–H groups in total. The summed E-state index contributed by atoms with van der Waals surface area (Å²) in [5.74, 6) is 0.0714. The summed E-state index contributed by atoms with van der Waals surface area (Å²) in [7, 11) is 0. The van der Waals surface area contributed by atoms with Crippen molar-refractivity contribution in [2.45, 2.75) is 12.1 Å². The first-order chi connectivity index (χ1) is 9.70. The SMILES string of the molecule is Cc1ccc2oc(SCC(=O)Nc3nccs3)nc2n1. The molecule has 0 radical (unpaired) electrons. The molecule has 0 unspecified atom stereocenters. The molecule has 0 saturated heterocycles. The van der Waals surface area contributed by atoms with Crippen LogP contribution in [-0.4, -0.2) is 26.6 Å². The molecule has 0 aliphatic heterocycles. The molecule has 0 fully saturated rings. The number of fused-ring (bicyclic) bond motifs is 1. The van der Waals surface area contributed by atoms with Crippen LogP contribution < -0.4 is 5.32 Å². The number of hydrogen-bond acceptors (Lipinski definition) is 7. The first-order valence-electron chi connectivity index (χ1n) is 5.77. The minimum absolute atomic E-state index is 0.142. The van der Waals surface area contributed by atoms with Gasteiger partial charge in [0.25, 0.3) is 5.22 Å². The van der Waals surface area contributed by atoms with Crippen LogP contribution in [0.5, 0.6) is 0 Å². The van der Waals surface area contributed by atoms with Gasteiger partial charge >= 0.3 is 0 Å². The molecular formula is C12H10N4O2S2. The number of hydrogen-bond donors (Lipinski definition) is 1. The third kappa shape index (κ3) is 2.97. The zero-order valence-corrected chi connectivity index (χ0v) is 12.1. The maximum absolute atomic E-state index is 11.7. The van der Waals surface area contributed by atoms with E-state index in [1.807, 2.05) is 19.1 Å². The van der Waals surface area contributed by atoms with Crippen LogP contribution in [0.3, 0.4) is 0 Å². The first kappa shape index (κ1) is 13.1. The number of pyridine rings is 1. The summed E-state index contributed by atoms with van der Waals surface area (Å²) in [6.45, 7) is 1.89. The summed E-state index contributed by atoms with van der Waals surface area (Å²) in [6, 6.07) is 3.68. The van der Waals surface area contributed by atoms with Crippen molar-refractivity contribution in [1.29, 1.82) is 0 Å². The van der Waals surface area contributed by atoms with Crippen LogP contribution >= 0.6 is 23.1 Å². The van der Waals surface area contributed by atoms with E-state index in [9.17, 15) is 4.79 Å². The summed E-state index contributed by atoms with van der Waals surface area (Å²) in [5.41, 5.74) is 2.06. The minimum atomic E-state index is -0.142. The van der Waals surface area contributed by atoms with Crippen LogP contribution in [0.1, 0.15) is 5.69 Å². The number of rotatable bonds is 4. The van der Waals surface area contributed by atoms with Crippen molar-refractivity contribution in [2.24, 2.45) is 0 Å². The largest absolute Gasteiger partial charge is 0.430 e. The smallest absolute Gasteiger partial charge is 0.258 e. The van der Waals surface area contributed by atoms with Gasteiger partial charge in [-0.15, -0.1) is 11.3 Å². The van der Waals surface area contributed by atoms with Gasteiger partial charge in [0.15, 0.2) is 16.4 Å². The molecule has 0 atom stereocenters. The van der Waals surface area contributed by atoms with Crippen molar-refractivity contribution in [2.75, 3.05) is 11.1 Å². The zero-order valence-electron chi connectivity index (χ0n) is 10.5. The Labute approximate surface area is 122 Å². The van der Waals surface area contributed by atoms with Gasteiger partial charge in [-0.05, 0) is 19.1 Å². The first-order valence-corrected chi connectivity index (χ1v) is 7.63. The molecule has 0 saturated carbocycles. The normalized spacial score (nSPS) is 10.8. The number of carbonyl (C=O) groups is 1. The fourth-order valence-electron chi connectivity index (χ4n) is 1.52. The van der Waals surface area contributed by atoms with Gasteiger partial charge in [-0.1, -0.05) is 11.8 Å². The molecule has 1 amide bonds. The Kier molecular flexibility index (Phi) is 3.66. The van der Waals surface area contributed by atoms with Crippen molar-refractivity contribution in [3.8, 4) is 0 Å². The lowest BCUT2D eigenvalue weighted by molar-refractivity contribution is -0.113. The van der Waals surface area contributed by atoms with Crippen molar-refractivity contribution >= 4 is 45.4 Å². The van der Waals surface area contributed by atoms with Gasteiger partial charge in [0.05, 0.1) is 5.75 Å². The molecule has 20 heavy (non-hydrogen) atoms. The number of thioether (sulfide) groups is 1. The second-order valence-corrected chi connectivity index (χ2v) is 5.75. The molecule has 8 heteroatoms. The molecule has 0 spiro atoms. The third-order valence-electron chi connectivity index (χ3n) is 2.38. The molecule has 102 valence electrons. The predicted octanol–water partition coefficient (Wildman–Crippen LogP) is 2.72. The van der Waals surface area contributed by atoms with Crippen LogP contribution in [0.25, 0.3) is 11.2 Å². The van der Waals surface area contributed by atoms with E-state index in [0.29, 0.717) is 21.6 Å². The van der Waals surface area contributed by atoms with Gasteiger partial charge in [0, 0.05) is 17.3 Å². The van der Waals surface area contributed by atoms with Gasteiger partial charge in [-0.25, -0.2) is 9.97 Å². The van der Waals surface area contributed by atoms with Gasteiger partial charge in [-0.2, -0.15) is 4.98 Å². The topological polar surface area (TPSA) is 80.9 Å². The number of aromatic nitrogens is 3. The van der Waals surface area contributed by atoms with Crippen LogP contribution in [0, 0.1) is 6.92 Å².